The van der Waals surface area contributed by atoms with Crippen LogP contribution in [0.3, 0.4) is 0 Å². The number of rotatable bonds is 6. The van der Waals surface area contributed by atoms with Crippen LogP contribution >= 0.6 is 0 Å². The Balaban J connectivity index is 1.47. The van der Waals surface area contributed by atoms with Gasteiger partial charge >= 0.3 is 0 Å². The van der Waals surface area contributed by atoms with Gasteiger partial charge in [-0.1, -0.05) is 33.6 Å². The SMILES string of the molecule is CC(CC1CCC2C[C@@H](C(C)C)N(C(C)C)[C@@H]12)[C@@H]1CC2CCCCC2N1C(C)C. The van der Waals surface area contributed by atoms with Gasteiger partial charge in [0, 0.05) is 36.3 Å². The standard InChI is InChI=1S/C27H50N2/c1-17(2)25-16-23-13-12-22(27(23)29(25)19(5)6)14-20(7)26-15-21-10-8-9-11-24(21)28(26)18(3)4/h17-27H,8-16H2,1-7H3/t20?,21?,22?,23?,24?,25-,26-,27-/m0/s1. The van der Waals surface area contributed by atoms with Crippen molar-refractivity contribution in [3.05, 3.63) is 0 Å². The third-order valence-electron chi connectivity index (χ3n) is 9.62. The summed E-state index contributed by atoms with van der Waals surface area (Å²) in [6.07, 6.45) is 13.4. The van der Waals surface area contributed by atoms with E-state index in [-0.39, 0.29) is 0 Å². The first kappa shape index (κ1) is 22.1. The van der Waals surface area contributed by atoms with Crippen LogP contribution in [0.2, 0.25) is 0 Å². The topological polar surface area (TPSA) is 6.48 Å². The molecule has 5 unspecified atom stereocenters. The van der Waals surface area contributed by atoms with Gasteiger partial charge in [-0.05, 0) is 102 Å². The van der Waals surface area contributed by atoms with Crippen molar-refractivity contribution in [2.24, 2.45) is 29.6 Å². The van der Waals surface area contributed by atoms with Crippen LogP contribution in [-0.4, -0.2) is 46.1 Å². The van der Waals surface area contributed by atoms with Crippen LogP contribution in [0.5, 0.6) is 0 Å². The van der Waals surface area contributed by atoms with Crippen LogP contribution in [-0.2, 0) is 0 Å². The van der Waals surface area contributed by atoms with Crippen molar-refractivity contribution in [2.45, 2.75) is 143 Å². The molecule has 0 aromatic rings. The molecular weight excluding hydrogens is 352 g/mol. The summed E-state index contributed by atoms with van der Waals surface area (Å²) < 4.78 is 0. The molecular formula is C27H50N2. The highest BCUT2D eigenvalue weighted by Crippen LogP contribution is 2.50. The van der Waals surface area contributed by atoms with Gasteiger partial charge < -0.3 is 0 Å². The molecule has 2 heterocycles. The Morgan fingerprint density at radius 3 is 2.00 bits per heavy atom. The summed E-state index contributed by atoms with van der Waals surface area (Å²) in [5.74, 6) is 4.58. The first-order chi connectivity index (χ1) is 13.8. The van der Waals surface area contributed by atoms with Gasteiger partial charge in [0.15, 0.2) is 0 Å². The summed E-state index contributed by atoms with van der Waals surface area (Å²) in [4.78, 5) is 5.97. The van der Waals surface area contributed by atoms with E-state index in [2.05, 4.69) is 58.3 Å². The quantitative estimate of drug-likeness (QED) is 0.494. The number of hydrogen-bond donors (Lipinski definition) is 0. The predicted octanol–water partition coefficient (Wildman–Crippen LogP) is 6.59. The maximum absolute atomic E-state index is 2.99. The highest BCUT2D eigenvalue weighted by Gasteiger charge is 2.51. The fourth-order valence-corrected chi connectivity index (χ4v) is 8.61. The van der Waals surface area contributed by atoms with Gasteiger partial charge in [-0.2, -0.15) is 0 Å². The van der Waals surface area contributed by atoms with E-state index < -0.39 is 0 Å². The van der Waals surface area contributed by atoms with Crippen molar-refractivity contribution in [1.82, 2.24) is 9.80 Å². The van der Waals surface area contributed by atoms with Crippen molar-refractivity contribution in [3.63, 3.8) is 0 Å². The molecule has 29 heavy (non-hydrogen) atoms. The minimum absolute atomic E-state index is 0.704. The van der Waals surface area contributed by atoms with Crippen LogP contribution < -0.4 is 0 Å². The highest BCUT2D eigenvalue weighted by atomic mass is 15.3. The second kappa shape index (κ2) is 8.81. The number of nitrogens with zero attached hydrogens (tertiary/aromatic N) is 2. The molecule has 0 N–H and O–H groups in total. The minimum Gasteiger partial charge on any atom is -0.294 e. The monoisotopic (exact) mass is 402 g/mol. The number of hydrogen-bond acceptors (Lipinski definition) is 2. The Hall–Kier alpha value is -0.0800. The van der Waals surface area contributed by atoms with Crippen molar-refractivity contribution in [2.75, 3.05) is 0 Å². The van der Waals surface area contributed by atoms with Crippen molar-refractivity contribution in [3.8, 4) is 0 Å². The highest BCUT2D eigenvalue weighted by molar-refractivity contribution is 5.05. The molecule has 4 rings (SSSR count). The van der Waals surface area contributed by atoms with E-state index in [9.17, 15) is 0 Å². The smallest absolute Gasteiger partial charge is 0.0158 e. The normalized spacial score (nSPS) is 42.2. The van der Waals surface area contributed by atoms with Crippen molar-refractivity contribution in [1.29, 1.82) is 0 Å². The van der Waals surface area contributed by atoms with Crippen molar-refractivity contribution >= 4 is 0 Å². The Morgan fingerprint density at radius 2 is 1.34 bits per heavy atom. The fraction of sp³-hybridized carbons (Fsp3) is 1.00. The van der Waals surface area contributed by atoms with Gasteiger partial charge in [0.25, 0.3) is 0 Å². The molecule has 168 valence electrons. The molecule has 0 spiro atoms. The average molecular weight is 403 g/mol. The Labute approximate surface area is 182 Å². The summed E-state index contributed by atoms with van der Waals surface area (Å²) in [7, 11) is 0. The molecule has 2 saturated carbocycles. The first-order valence-electron chi connectivity index (χ1n) is 13.3. The van der Waals surface area contributed by atoms with Crippen LogP contribution in [0.15, 0.2) is 0 Å². The average Bonchev–Trinajstić information content (AvgIpc) is 3.33. The van der Waals surface area contributed by atoms with Crippen LogP contribution in [0.25, 0.3) is 0 Å². The molecule has 2 heteroatoms. The summed E-state index contributed by atoms with van der Waals surface area (Å²) in [6.45, 7) is 17.4. The molecule has 2 aliphatic heterocycles. The van der Waals surface area contributed by atoms with Gasteiger partial charge in [-0.3, -0.25) is 9.80 Å². The van der Waals surface area contributed by atoms with Gasteiger partial charge in [0.1, 0.15) is 0 Å². The summed E-state index contributed by atoms with van der Waals surface area (Å²) >= 11 is 0. The van der Waals surface area contributed by atoms with Crippen molar-refractivity contribution < 1.29 is 0 Å². The predicted molar refractivity (Wildman–Crippen MR) is 125 cm³/mol. The van der Waals surface area contributed by atoms with Crippen LogP contribution in [0, 0.1) is 29.6 Å². The van der Waals surface area contributed by atoms with Gasteiger partial charge in [-0.15, -0.1) is 0 Å². The van der Waals surface area contributed by atoms with E-state index in [1.165, 1.54) is 57.8 Å². The molecule has 8 atom stereocenters. The zero-order valence-electron chi connectivity index (χ0n) is 20.6. The van der Waals surface area contributed by atoms with E-state index in [1.807, 2.05) is 0 Å². The molecule has 4 aliphatic rings. The largest absolute Gasteiger partial charge is 0.294 e. The van der Waals surface area contributed by atoms with E-state index in [1.54, 1.807) is 0 Å². The fourth-order valence-electron chi connectivity index (χ4n) is 8.61. The van der Waals surface area contributed by atoms with Gasteiger partial charge in [0.05, 0.1) is 0 Å². The maximum atomic E-state index is 2.99. The maximum Gasteiger partial charge on any atom is 0.0158 e. The van der Waals surface area contributed by atoms with E-state index in [0.29, 0.717) is 6.04 Å². The number of likely N-dealkylation sites (tertiary alicyclic amines) is 2. The molecule has 0 aromatic carbocycles. The second-order valence-corrected chi connectivity index (χ2v) is 12.3. The molecule has 2 aliphatic carbocycles. The zero-order chi connectivity index (χ0) is 20.9. The van der Waals surface area contributed by atoms with E-state index in [4.69, 9.17) is 0 Å². The Bertz CT molecular complexity index is 541. The molecule has 0 radical (unpaired) electrons. The molecule has 2 nitrogen and oxygen atoms in total. The number of fused-ring (bicyclic) bond motifs is 2. The zero-order valence-corrected chi connectivity index (χ0v) is 20.6. The van der Waals surface area contributed by atoms with Gasteiger partial charge in [-0.25, -0.2) is 0 Å². The lowest BCUT2D eigenvalue weighted by atomic mass is 9.82. The Kier molecular flexibility index (Phi) is 6.72. The lowest BCUT2D eigenvalue weighted by Gasteiger charge is -2.41. The lowest BCUT2D eigenvalue weighted by Crippen LogP contribution is -2.48. The molecule has 2 saturated heterocycles. The second-order valence-electron chi connectivity index (χ2n) is 12.3. The summed E-state index contributed by atoms with van der Waals surface area (Å²) in [6, 6.07) is 4.87. The molecule has 4 fully saturated rings. The summed E-state index contributed by atoms with van der Waals surface area (Å²) in [5.41, 5.74) is 0. The third-order valence-corrected chi connectivity index (χ3v) is 9.62. The van der Waals surface area contributed by atoms with Gasteiger partial charge in [0.2, 0.25) is 0 Å². The van der Waals surface area contributed by atoms with E-state index >= 15 is 0 Å². The van der Waals surface area contributed by atoms with Crippen LogP contribution in [0.4, 0.5) is 0 Å². The summed E-state index contributed by atoms with van der Waals surface area (Å²) in [5, 5.41) is 0. The minimum atomic E-state index is 0.704. The molecule has 0 amide bonds. The van der Waals surface area contributed by atoms with Crippen LogP contribution in [0.1, 0.15) is 106 Å². The van der Waals surface area contributed by atoms with E-state index in [0.717, 1.165) is 59.8 Å². The lowest BCUT2D eigenvalue weighted by molar-refractivity contribution is 0.0617. The first-order valence-corrected chi connectivity index (χ1v) is 13.3. The Morgan fingerprint density at radius 1 is 0.690 bits per heavy atom. The molecule has 0 bridgehead atoms. The molecule has 0 aromatic heterocycles. The third kappa shape index (κ3) is 4.07.